The molecule has 0 aliphatic rings. The first-order valence-corrected chi connectivity index (χ1v) is 2.87. The van der Waals surface area contributed by atoms with E-state index in [1.165, 1.54) is 0 Å². The molecule has 0 heterocycles. The van der Waals surface area contributed by atoms with Crippen LogP contribution in [0.5, 0.6) is 0 Å². The van der Waals surface area contributed by atoms with E-state index in [1.807, 2.05) is 0 Å². The molecule has 3 nitrogen and oxygen atoms in total. The van der Waals surface area contributed by atoms with Crippen LogP contribution in [-0.4, -0.2) is 19.3 Å². The number of ether oxygens (including phenoxy) is 2. The van der Waals surface area contributed by atoms with Crippen molar-refractivity contribution in [1.29, 1.82) is 5.41 Å². The molecule has 0 saturated heterocycles. The molecule has 0 rings (SSSR count). The summed E-state index contributed by atoms with van der Waals surface area (Å²) in [6.07, 6.45) is 2.90. The maximum absolute atomic E-state index is 6.96. The van der Waals surface area contributed by atoms with Crippen molar-refractivity contribution in [2.75, 3.05) is 13.2 Å². The fraction of sp³-hybridized carbons (Fsp3) is 0.286. The van der Waals surface area contributed by atoms with Gasteiger partial charge < -0.3 is 9.47 Å². The number of nitrogens with one attached hydrogen (secondary N) is 1. The summed E-state index contributed by atoms with van der Waals surface area (Å²) in [5.74, 6) is 0. The molecule has 0 aliphatic carbocycles. The van der Waals surface area contributed by atoms with Crippen molar-refractivity contribution in [1.82, 2.24) is 0 Å². The number of rotatable bonds is 4. The lowest BCUT2D eigenvalue weighted by Gasteiger charge is -2.03. The molecule has 0 aromatic rings. The normalized spacial score (nSPS) is 8.00. The highest BCUT2D eigenvalue weighted by molar-refractivity contribution is 5.62. The molecule has 0 aromatic carbocycles. The van der Waals surface area contributed by atoms with E-state index in [4.69, 9.17) is 5.41 Å². The Labute approximate surface area is 60.5 Å². The van der Waals surface area contributed by atoms with Crippen LogP contribution in [0.2, 0.25) is 0 Å². The molecule has 0 bridgehead atoms. The third-order valence-corrected chi connectivity index (χ3v) is 0.665. The predicted octanol–water partition coefficient (Wildman–Crippen LogP) is 1.33. The highest BCUT2D eigenvalue weighted by Crippen LogP contribution is 1.82. The highest BCUT2D eigenvalue weighted by Gasteiger charge is 1.92. The molecule has 0 aliphatic heterocycles. The maximum atomic E-state index is 6.96. The molecule has 0 saturated carbocycles. The second-order valence-corrected chi connectivity index (χ2v) is 1.49. The van der Waals surface area contributed by atoms with Crippen LogP contribution in [0.4, 0.5) is 0 Å². The van der Waals surface area contributed by atoms with E-state index in [2.05, 4.69) is 22.6 Å². The van der Waals surface area contributed by atoms with E-state index in [9.17, 15) is 0 Å². The molecule has 56 valence electrons. The molecule has 3 heteroatoms. The van der Waals surface area contributed by atoms with Gasteiger partial charge in [-0.1, -0.05) is 25.3 Å². The lowest BCUT2D eigenvalue weighted by Crippen LogP contribution is -2.07. The Kier molecular flexibility index (Phi) is 5.14. The second kappa shape index (κ2) is 5.88. The average Bonchev–Trinajstić information content (AvgIpc) is 1.97. The molecular formula is C7H11NO2. The summed E-state index contributed by atoms with van der Waals surface area (Å²) in [6.45, 7) is 7.43. The van der Waals surface area contributed by atoms with Crippen LogP contribution in [0.3, 0.4) is 0 Å². The van der Waals surface area contributed by atoms with Crippen LogP contribution in [-0.2, 0) is 9.47 Å². The first-order valence-electron chi connectivity index (χ1n) is 2.87. The summed E-state index contributed by atoms with van der Waals surface area (Å²) in [5, 5.41) is 6.96. The molecule has 0 unspecified atom stereocenters. The van der Waals surface area contributed by atoms with Crippen molar-refractivity contribution in [3.05, 3.63) is 25.3 Å². The number of hydrogen-bond acceptors (Lipinski definition) is 3. The van der Waals surface area contributed by atoms with E-state index < -0.39 is 0 Å². The monoisotopic (exact) mass is 141 g/mol. The van der Waals surface area contributed by atoms with Crippen molar-refractivity contribution in [3.8, 4) is 0 Å². The fourth-order valence-corrected chi connectivity index (χ4v) is 0.311. The topological polar surface area (TPSA) is 42.3 Å². The Bertz CT molecular complexity index is 118. The van der Waals surface area contributed by atoms with E-state index in [0.717, 1.165) is 0 Å². The zero-order valence-electron chi connectivity index (χ0n) is 5.80. The quantitative estimate of drug-likeness (QED) is 0.364. The number of hydrogen-bond donors (Lipinski definition) is 1. The first-order chi connectivity index (χ1) is 4.81. The van der Waals surface area contributed by atoms with E-state index in [1.54, 1.807) is 12.2 Å². The Morgan fingerprint density at radius 1 is 1.20 bits per heavy atom. The minimum absolute atomic E-state index is 0.195. The van der Waals surface area contributed by atoms with Crippen LogP contribution < -0.4 is 0 Å². The summed E-state index contributed by atoms with van der Waals surface area (Å²) in [7, 11) is 0. The van der Waals surface area contributed by atoms with Crippen molar-refractivity contribution in [2.45, 2.75) is 0 Å². The smallest absolute Gasteiger partial charge is 0.381 e. The van der Waals surface area contributed by atoms with Crippen LogP contribution in [0.15, 0.2) is 25.3 Å². The van der Waals surface area contributed by atoms with Crippen LogP contribution in [0, 0.1) is 5.41 Å². The third-order valence-electron chi connectivity index (χ3n) is 0.665. The van der Waals surface area contributed by atoms with Crippen molar-refractivity contribution in [3.63, 3.8) is 0 Å². The summed E-state index contributed by atoms with van der Waals surface area (Å²) < 4.78 is 9.38. The molecule has 0 aromatic heterocycles. The van der Waals surface area contributed by atoms with Crippen molar-refractivity contribution >= 4 is 6.08 Å². The molecular weight excluding hydrogens is 130 g/mol. The first kappa shape index (κ1) is 8.75. The SMILES string of the molecule is C=CCOC(=N)OCC=C. The maximum Gasteiger partial charge on any atom is 0.381 e. The minimum Gasteiger partial charge on any atom is -0.447 e. The van der Waals surface area contributed by atoms with Gasteiger partial charge in [-0.05, 0) is 0 Å². The zero-order chi connectivity index (χ0) is 7.82. The van der Waals surface area contributed by atoms with Gasteiger partial charge in [0.1, 0.15) is 13.2 Å². The van der Waals surface area contributed by atoms with Crippen molar-refractivity contribution < 1.29 is 9.47 Å². The second-order valence-electron chi connectivity index (χ2n) is 1.49. The molecule has 0 atom stereocenters. The molecule has 0 fully saturated rings. The lowest BCUT2D eigenvalue weighted by atomic mass is 10.7. The molecule has 0 spiro atoms. The van der Waals surface area contributed by atoms with Crippen molar-refractivity contribution in [2.24, 2.45) is 0 Å². The zero-order valence-corrected chi connectivity index (χ0v) is 5.80. The summed E-state index contributed by atoms with van der Waals surface area (Å²) in [5.41, 5.74) is 0. The van der Waals surface area contributed by atoms with Gasteiger partial charge in [-0.3, -0.25) is 0 Å². The molecule has 0 radical (unpaired) electrons. The van der Waals surface area contributed by atoms with Crippen LogP contribution in [0.1, 0.15) is 0 Å². The average molecular weight is 141 g/mol. The predicted molar refractivity (Wildman–Crippen MR) is 40.0 cm³/mol. The summed E-state index contributed by atoms with van der Waals surface area (Å²) >= 11 is 0. The van der Waals surface area contributed by atoms with Gasteiger partial charge in [0.25, 0.3) is 0 Å². The van der Waals surface area contributed by atoms with Crippen LogP contribution >= 0.6 is 0 Å². The Balaban J connectivity index is 3.24. The van der Waals surface area contributed by atoms with Gasteiger partial charge in [-0.15, -0.1) is 0 Å². The molecule has 1 N–H and O–H groups in total. The Morgan fingerprint density at radius 3 is 1.90 bits per heavy atom. The van der Waals surface area contributed by atoms with Gasteiger partial charge in [-0.25, -0.2) is 5.41 Å². The summed E-state index contributed by atoms with van der Waals surface area (Å²) in [4.78, 5) is 0. The highest BCUT2D eigenvalue weighted by atomic mass is 16.7. The minimum atomic E-state index is -0.195. The van der Waals surface area contributed by atoms with Gasteiger partial charge in [-0.2, -0.15) is 0 Å². The van der Waals surface area contributed by atoms with Gasteiger partial charge in [0.15, 0.2) is 0 Å². The van der Waals surface area contributed by atoms with Gasteiger partial charge in [0.2, 0.25) is 0 Å². The molecule has 10 heavy (non-hydrogen) atoms. The third kappa shape index (κ3) is 4.90. The van der Waals surface area contributed by atoms with E-state index >= 15 is 0 Å². The summed E-state index contributed by atoms with van der Waals surface area (Å²) in [6, 6.07) is 0. The fourth-order valence-electron chi connectivity index (χ4n) is 0.311. The van der Waals surface area contributed by atoms with Gasteiger partial charge in [0.05, 0.1) is 0 Å². The van der Waals surface area contributed by atoms with E-state index in [0.29, 0.717) is 13.2 Å². The van der Waals surface area contributed by atoms with E-state index in [-0.39, 0.29) is 6.08 Å². The lowest BCUT2D eigenvalue weighted by molar-refractivity contribution is 0.195. The standard InChI is InChI=1S/C7H11NO2/c1-3-5-9-7(8)10-6-4-2/h3-4,8H,1-2,5-6H2. The van der Waals surface area contributed by atoms with Gasteiger partial charge >= 0.3 is 6.08 Å². The van der Waals surface area contributed by atoms with Crippen LogP contribution in [0.25, 0.3) is 0 Å². The largest absolute Gasteiger partial charge is 0.447 e. The Morgan fingerprint density at radius 2 is 1.60 bits per heavy atom. The molecule has 0 amide bonds. The van der Waals surface area contributed by atoms with Gasteiger partial charge in [0, 0.05) is 0 Å². The Hall–Kier alpha value is -1.25.